The fourth-order valence-corrected chi connectivity index (χ4v) is 5.10. The molecule has 1 aliphatic heterocycles. The molecule has 0 unspecified atom stereocenters. The summed E-state index contributed by atoms with van der Waals surface area (Å²) < 4.78 is 0.646. The molecule has 1 saturated heterocycles. The van der Waals surface area contributed by atoms with Crippen LogP contribution in [0.15, 0.2) is 30.3 Å². The third kappa shape index (κ3) is 3.73. The Kier molecular flexibility index (Phi) is 5.06. The van der Waals surface area contributed by atoms with Crippen molar-refractivity contribution in [1.29, 1.82) is 0 Å². The van der Waals surface area contributed by atoms with Gasteiger partial charge in [0.15, 0.2) is 0 Å². The first-order chi connectivity index (χ1) is 12.2. The van der Waals surface area contributed by atoms with E-state index in [1.807, 2.05) is 30.3 Å². The fraction of sp³-hybridized carbons (Fsp3) is 0.474. The van der Waals surface area contributed by atoms with Crippen LogP contribution in [0, 0.1) is 5.92 Å². The lowest BCUT2D eigenvalue weighted by molar-refractivity contribution is -0.123. The number of fused-ring (bicyclic) bond motifs is 1. The Morgan fingerprint density at radius 1 is 1.28 bits per heavy atom. The molecule has 2 heterocycles. The SMILES string of the molecule is O=C(NCc1nc(-c2ccccc2)sc1Cl)[C@@H]1C[C@@H]2CCCC[C@@H]2N1. The molecule has 2 aromatic rings. The van der Waals surface area contributed by atoms with Crippen molar-refractivity contribution in [2.75, 3.05) is 0 Å². The first kappa shape index (κ1) is 17.0. The predicted octanol–water partition coefficient (Wildman–Crippen LogP) is 4.00. The number of hydrogen-bond donors (Lipinski definition) is 2. The molecule has 1 amide bonds. The number of nitrogens with one attached hydrogen (secondary N) is 2. The van der Waals surface area contributed by atoms with E-state index in [9.17, 15) is 4.79 Å². The molecule has 2 fully saturated rings. The Morgan fingerprint density at radius 2 is 2.08 bits per heavy atom. The smallest absolute Gasteiger partial charge is 0.237 e. The van der Waals surface area contributed by atoms with Gasteiger partial charge in [0, 0.05) is 11.6 Å². The Bertz CT molecular complexity index is 734. The van der Waals surface area contributed by atoms with Crippen molar-refractivity contribution in [3.8, 4) is 10.6 Å². The molecule has 132 valence electrons. The molecule has 0 radical (unpaired) electrons. The lowest BCUT2D eigenvalue weighted by Crippen LogP contribution is -2.42. The summed E-state index contributed by atoms with van der Waals surface area (Å²) in [6, 6.07) is 10.4. The number of nitrogens with zero attached hydrogens (tertiary/aromatic N) is 1. The van der Waals surface area contributed by atoms with E-state index in [0.29, 0.717) is 22.8 Å². The maximum Gasteiger partial charge on any atom is 0.237 e. The molecule has 4 rings (SSSR count). The Balaban J connectivity index is 1.37. The second kappa shape index (κ2) is 7.44. The van der Waals surface area contributed by atoms with Gasteiger partial charge in [-0.1, -0.05) is 54.8 Å². The van der Waals surface area contributed by atoms with Crippen LogP contribution < -0.4 is 10.6 Å². The van der Waals surface area contributed by atoms with Gasteiger partial charge in [-0.2, -0.15) is 0 Å². The number of amides is 1. The van der Waals surface area contributed by atoms with Crippen LogP contribution in [0.4, 0.5) is 0 Å². The van der Waals surface area contributed by atoms with Crippen LogP contribution >= 0.6 is 22.9 Å². The van der Waals surface area contributed by atoms with Crippen LogP contribution in [0.5, 0.6) is 0 Å². The summed E-state index contributed by atoms with van der Waals surface area (Å²) in [6.45, 7) is 0.383. The molecular weight excluding hydrogens is 354 g/mol. The molecule has 6 heteroatoms. The minimum atomic E-state index is -0.0703. The summed E-state index contributed by atoms with van der Waals surface area (Å²) >= 11 is 7.78. The van der Waals surface area contributed by atoms with Crippen LogP contribution in [0.25, 0.3) is 10.6 Å². The van der Waals surface area contributed by atoms with Gasteiger partial charge in [-0.15, -0.1) is 11.3 Å². The zero-order valence-electron chi connectivity index (χ0n) is 14.0. The van der Waals surface area contributed by atoms with E-state index in [1.165, 1.54) is 37.0 Å². The van der Waals surface area contributed by atoms with Crippen molar-refractivity contribution in [3.05, 3.63) is 40.4 Å². The Morgan fingerprint density at radius 3 is 2.88 bits per heavy atom. The van der Waals surface area contributed by atoms with Gasteiger partial charge in [0.1, 0.15) is 9.34 Å². The molecule has 25 heavy (non-hydrogen) atoms. The molecule has 2 aliphatic rings. The highest BCUT2D eigenvalue weighted by atomic mass is 35.5. The van der Waals surface area contributed by atoms with Crippen molar-refractivity contribution in [1.82, 2.24) is 15.6 Å². The average molecular weight is 376 g/mol. The lowest BCUT2D eigenvalue weighted by Gasteiger charge is -2.24. The van der Waals surface area contributed by atoms with Gasteiger partial charge in [-0.3, -0.25) is 4.79 Å². The largest absolute Gasteiger partial charge is 0.349 e. The average Bonchev–Trinajstić information content (AvgIpc) is 3.24. The van der Waals surface area contributed by atoms with E-state index in [-0.39, 0.29) is 11.9 Å². The summed E-state index contributed by atoms with van der Waals surface area (Å²) in [5.74, 6) is 0.733. The number of thiazole rings is 1. The highest BCUT2D eigenvalue weighted by molar-refractivity contribution is 7.19. The third-order valence-corrected chi connectivity index (χ3v) is 6.66. The second-order valence-electron chi connectivity index (χ2n) is 6.93. The van der Waals surface area contributed by atoms with E-state index in [4.69, 9.17) is 11.6 Å². The quantitative estimate of drug-likeness (QED) is 0.849. The topological polar surface area (TPSA) is 54.0 Å². The normalized spacial score (nSPS) is 25.6. The number of carbonyl (C=O) groups excluding carboxylic acids is 1. The van der Waals surface area contributed by atoms with Gasteiger partial charge < -0.3 is 10.6 Å². The third-order valence-electron chi connectivity index (χ3n) is 5.28. The van der Waals surface area contributed by atoms with Crippen LogP contribution in [-0.4, -0.2) is 23.0 Å². The number of benzene rings is 1. The zero-order chi connectivity index (χ0) is 17.2. The number of halogens is 1. The summed E-state index contributed by atoms with van der Waals surface area (Å²) in [4.78, 5) is 17.1. The van der Waals surface area contributed by atoms with Crippen LogP contribution in [0.3, 0.4) is 0 Å². The second-order valence-corrected chi connectivity index (χ2v) is 8.53. The van der Waals surface area contributed by atoms with Crippen LogP contribution in [-0.2, 0) is 11.3 Å². The Hall–Kier alpha value is -1.43. The van der Waals surface area contributed by atoms with E-state index in [2.05, 4.69) is 15.6 Å². The molecule has 0 bridgehead atoms. The van der Waals surface area contributed by atoms with Gasteiger partial charge in [-0.05, 0) is 25.2 Å². The van der Waals surface area contributed by atoms with E-state index < -0.39 is 0 Å². The molecular formula is C19H22ClN3OS. The standard InChI is InChI=1S/C19H22ClN3OS/c20-17-16(23-19(25-17)12-6-2-1-3-7-12)11-21-18(24)15-10-13-8-4-5-9-14(13)22-15/h1-3,6-7,13-15,22H,4-5,8-11H2,(H,21,24)/t13-,14-,15-/m0/s1. The maximum absolute atomic E-state index is 12.5. The molecule has 1 aromatic carbocycles. The predicted molar refractivity (Wildman–Crippen MR) is 102 cm³/mol. The summed E-state index contributed by atoms with van der Waals surface area (Å²) in [5, 5.41) is 7.42. The number of carbonyl (C=O) groups is 1. The highest BCUT2D eigenvalue weighted by Crippen LogP contribution is 2.34. The monoisotopic (exact) mass is 375 g/mol. The first-order valence-electron chi connectivity index (χ1n) is 8.95. The lowest BCUT2D eigenvalue weighted by atomic mass is 9.85. The van der Waals surface area contributed by atoms with Crippen molar-refractivity contribution < 1.29 is 4.79 Å². The molecule has 1 aromatic heterocycles. The summed E-state index contributed by atoms with van der Waals surface area (Å²) in [7, 11) is 0. The molecule has 0 spiro atoms. The zero-order valence-corrected chi connectivity index (χ0v) is 15.6. The van der Waals surface area contributed by atoms with Crippen LogP contribution in [0.2, 0.25) is 4.34 Å². The first-order valence-corrected chi connectivity index (χ1v) is 10.1. The molecule has 2 N–H and O–H groups in total. The minimum absolute atomic E-state index is 0.0692. The van der Waals surface area contributed by atoms with Crippen molar-refractivity contribution in [3.63, 3.8) is 0 Å². The molecule has 3 atom stereocenters. The summed E-state index contributed by atoms with van der Waals surface area (Å²) in [6.07, 6.45) is 5.98. The molecule has 4 nitrogen and oxygen atoms in total. The molecule has 1 aliphatic carbocycles. The van der Waals surface area contributed by atoms with Crippen molar-refractivity contribution in [2.24, 2.45) is 5.92 Å². The van der Waals surface area contributed by atoms with Gasteiger partial charge >= 0.3 is 0 Å². The van der Waals surface area contributed by atoms with Gasteiger partial charge in [0.2, 0.25) is 5.91 Å². The maximum atomic E-state index is 12.5. The Labute approximate surface area is 157 Å². The summed E-state index contributed by atoms with van der Waals surface area (Å²) in [5.41, 5.74) is 1.79. The minimum Gasteiger partial charge on any atom is -0.349 e. The van der Waals surface area contributed by atoms with Crippen molar-refractivity contribution in [2.45, 2.75) is 50.7 Å². The van der Waals surface area contributed by atoms with E-state index in [0.717, 1.165) is 22.7 Å². The number of rotatable bonds is 4. The number of hydrogen-bond acceptors (Lipinski definition) is 4. The highest BCUT2D eigenvalue weighted by Gasteiger charge is 2.38. The fourth-order valence-electron chi connectivity index (χ4n) is 3.96. The molecule has 1 saturated carbocycles. The van der Waals surface area contributed by atoms with E-state index in [1.54, 1.807) is 0 Å². The van der Waals surface area contributed by atoms with Crippen LogP contribution in [0.1, 0.15) is 37.8 Å². The van der Waals surface area contributed by atoms with E-state index >= 15 is 0 Å². The number of aromatic nitrogens is 1. The van der Waals surface area contributed by atoms with Gasteiger partial charge in [0.05, 0.1) is 18.3 Å². The van der Waals surface area contributed by atoms with Gasteiger partial charge in [-0.25, -0.2) is 4.98 Å². The van der Waals surface area contributed by atoms with Crippen molar-refractivity contribution >= 4 is 28.8 Å². The van der Waals surface area contributed by atoms with Gasteiger partial charge in [0.25, 0.3) is 0 Å².